The molecule has 1 aromatic rings. The van der Waals surface area contributed by atoms with Crippen LogP contribution in [0.25, 0.3) is 0 Å². The maximum atomic E-state index is 5.90. The van der Waals surface area contributed by atoms with Gasteiger partial charge in [-0.05, 0) is 13.0 Å². The average Bonchev–Trinajstić information content (AvgIpc) is 2.09. The molecule has 0 aliphatic heterocycles. The molecule has 0 radical (unpaired) electrons. The van der Waals surface area contributed by atoms with Crippen molar-refractivity contribution in [3.63, 3.8) is 0 Å². The summed E-state index contributed by atoms with van der Waals surface area (Å²) in [6, 6.07) is 3.29. The maximum absolute atomic E-state index is 5.90. The van der Waals surface area contributed by atoms with Crippen molar-refractivity contribution in [1.82, 2.24) is 0 Å². The number of halogens is 2. The van der Waals surface area contributed by atoms with Crippen molar-refractivity contribution in [3.05, 3.63) is 22.2 Å². The Morgan fingerprint density at radius 1 is 1.31 bits per heavy atom. The van der Waals surface area contributed by atoms with Crippen LogP contribution in [0.5, 0.6) is 11.5 Å². The van der Waals surface area contributed by atoms with Gasteiger partial charge in [-0.15, -0.1) is 0 Å². The Balaban J connectivity index is 3.13. The zero-order valence-electron chi connectivity index (χ0n) is 7.43. The molecule has 0 amide bonds. The van der Waals surface area contributed by atoms with Crippen molar-refractivity contribution >= 4 is 23.2 Å². The van der Waals surface area contributed by atoms with Gasteiger partial charge in [-0.1, -0.05) is 23.2 Å². The maximum Gasteiger partial charge on any atom is 0.179 e. The third-order valence-electron chi connectivity index (χ3n) is 1.48. The predicted molar refractivity (Wildman–Crippen MR) is 54.2 cm³/mol. The van der Waals surface area contributed by atoms with Gasteiger partial charge in [-0.3, -0.25) is 0 Å². The molecule has 2 nitrogen and oxygen atoms in total. The van der Waals surface area contributed by atoms with Crippen LogP contribution in [0.15, 0.2) is 12.1 Å². The summed E-state index contributed by atoms with van der Waals surface area (Å²) in [5, 5.41) is 0.997. The first-order valence-corrected chi connectivity index (χ1v) is 4.60. The first-order valence-electron chi connectivity index (χ1n) is 3.84. The van der Waals surface area contributed by atoms with Crippen LogP contribution in [0.2, 0.25) is 10.0 Å². The molecule has 0 aliphatic carbocycles. The topological polar surface area (TPSA) is 18.5 Å². The summed E-state index contributed by atoms with van der Waals surface area (Å²) in [6.07, 6.45) is 0. The average molecular weight is 221 g/mol. The van der Waals surface area contributed by atoms with Crippen LogP contribution in [0.3, 0.4) is 0 Å². The van der Waals surface area contributed by atoms with Gasteiger partial charge in [0, 0.05) is 11.1 Å². The highest BCUT2D eigenvalue weighted by Crippen LogP contribution is 2.37. The van der Waals surface area contributed by atoms with Gasteiger partial charge in [0.05, 0.1) is 18.7 Å². The molecule has 0 aliphatic rings. The van der Waals surface area contributed by atoms with Crippen molar-refractivity contribution in [2.75, 3.05) is 13.7 Å². The standard InChI is InChI=1S/C9H10Cl2O2/c1-3-13-9-7(11)4-6(10)5-8(9)12-2/h4-5H,3H2,1-2H3. The molecule has 0 saturated heterocycles. The number of hydrogen-bond acceptors (Lipinski definition) is 2. The molecule has 0 atom stereocenters. The van der Waals surface area contributed by atoms with Crippen molar-refractivity contribution in [1.29, 1.82) is 0 Å². The SMILES string of the molecule is CCOc1c(Cl)cc(Cl)cc1OC. The van der Waals surface area contributed by atoms with E-state index in [1.165, 1.54) is 0 Å². The monoisotopic (exact) mass is 220 g/mol. The molecule has 0 aromatic heterocycles. The van der Waals surface area contributed by atoms with Gasteiger partial charge < -0.3 is 9.47 Å². The fourth-order valence-corrected chi connectivity index (χ4v) is 1.50. The van der Waals surface area contributed by atoms with E-state index >= 15 is 0 Å². The molecule has 4 heteroatoms. The van der Waals surface area contributed by atoms with Crippen molar-refractivity contribution in [2.45, 2.75) is 6.92 Å². The first-order chi connectivity index (χ1) is 6.19. The third kappa shape index (κ3) is 2.42. The normalized spacial score (nSPS) is 9.85. The van der Waals surface area contributed by atoms with E-state index in [4.69, 9.17) is 32.7 Å². The van der Waals surface area contributed by atoms with Crippen molar-refractivity contribution < 1.29 is 9.47 Å². The molecule has 0 bridgehead atoms. The first kappa shape index (κ1) is 10.5. The summed E-state index contributed by atoms with van der Waals surface area (Å²) in [7, 11) is 1.55. The highest BCUT2D eigenvalue weighted by Gasteiger charge is 2.10. The lowest BCUT2D eigenvalue weighted by atomic mass is 10.3. The molecule has 0 fully saturated rings. The summed E-state index contributed by atoms with van der Waals surface area (Å²) in [5.74, 6) is 1.09. The predicted octanol–water partition coefficient (Wildman–Crippen LogP) is 3.40. The minimum atomic E-state index is 0.464. The Hall–Kier alpha value is -0.600. The second-order valence-corrected chi connectivity index (χ2v) is 3.20. The Kier molecular flexibility index (Phi) is 3.70. The summed E-state index contributed by atoms with van der Waals surface area (Å²) in [4.78, 5) is 0. The van der Waals surface area contributed by atoms with Crippen LogP contribution in [-0.2, 0) is 0 Å². The number of benzene rings is 1. The van der Waals surface area contributed by atoms with Gasteiger partial charge in [0.2, 0.25) is 0 Å². The Bertz CT molecular complexity index is 300. The fraction of sp³-hybridized carbons (Fsp3) is 0.333. The summed E-state index contributed by atoms with van der Waals surface area (Å²) < 4.78 is 10.4. The lowest BCUT2D eigenvalue weighted by Crippen LogP contribution is -1.96. The van der Waals surface area contributed by atoms with Gasteiger partial charge in [0.25, 0.3) is 0 Å². The van der Waals surface area contributed by atoms with E-state index in [0.29, 0.717) is 28.2 Å². The quantitative estimate of drug-likeness (QED) is 0.778. The molecule has 0 saturated carbocycles. The van der Waals surface area contributed by atoms with Crippen molar-refractivity contribution in [3.8, 4) is 11.5 Å². The molecule has 0 N–H and O–H groups in total. The summed E-state index contributed by atoms with van der Waals surface area (Å²) in [6.45, 7) is 2.42. The minimum absolute atomic E-state index is 0.464. The second-order valence-electron chi connectivity index (χ2n) is 2.35. The lowest BCUT2D eigenvalue weighted by molar-refractivity contribution is 0.311. The van der Waals surface area contributed by atoms with E-state index in [1.807, 2.05) is 6.92 Å². The van der Waals surface area contributed by atoms with Crippen LogP contribution in [-0.4, -0.2) is 13.7 Å². The number of rotatable bonds is 3. The van der Waals surface area contributed by atoms with Crippen LogP contribution >= 0.6 is 23.2 Å². The number of ether oxygens (including phenoxy) is 2. The Morgan fingerprint density at radius 3 is 2.54 bits per heavy atom. The van der Waals surface area contributed by atoms with E-state index in [2.05, 4.69) is 0 Å². The number of hydrogen-bond donors (Lipinski definition) is 0. The van der Waals surface area contributed by atoms with E-state index in [-0.39, 0.29) is 0 Å². The zero-order chi connectivity index (χ0) is 9.84. The highest BCUT2D eigenvalue weighted by molar-refractivity contribution is 6.35. The van der Waals surface area contributed by atoms with Crippen LogP contribution < -0.4 is 9.47 Å². The van der Waals surface area contributed by atoms with Crippen molar-refractivity contribution in [2.24, 2.45) is 0 Å². The highest BCUT2D eigenvalue weighted by atomic mass is 35.5. The molecule has 0 unspecified atom stereocenters. The van der Waals surface area contributed by atoms with E-state index in [1.54, 1.807) is 19.2 Å². The van der Waals surface area contributed by atoms with E-state index < -0.39 is 0 Å². The molecule has 1 aromatic carbocycles. The van der Waals surface area contributed by atoms with Crippen LogP contribution in [0, 0.1) is 0 Å². The molecule has 72 valence electrons. The summed E-state index contributed by atoms with van der Waals surface area (Å²) in [5.41, 5.74) is 0. The minimum Gasteiger partial charge on any atom is -0.493 e. The lowest BCUT2D eigenvalue weighted by Gasteiger charge is -2.10. The molecule has 0 heterocycles. The molecular weight excluding hydrogens is 211 g/mol. The molecule has 0 spiro atoms. The largest absolute Gasteiger partial charge is 0.493 e. The zero-order valence-corrected chi connectivity index (χ0v) is 8.95. The molecular formula is C9H10Cl2O2. The van der Waals surface area contributed by atoms with E-state index in [9.17, 15) is 0 Å². The van der Waals surface area contributed by atoms with Crippen LogP contribution in [0.1, 0.15) is 6.92 Å². The van der Waals surface area contributed by atoms with Gasteiger partial charge >= 0.3 is 0 Å². The fourth-order valence-electron chi connectivity index (χ4n) is 0.973. The third-order valence-corrected chi connectivity index (χ3v) is 1.98. The smallest absolute Gasteiger partial charge is 0.179 e. The molecule has 1 rings (SSSR count). The van der Waals surface area contributed by atoms with E-state index in [0.717, 1.165) is 0 Å². The second kappa shape index (κ2) is 4.58. The van der Waals surface area contributed by atoms with Gasteiger partial charge in [0.1, 0.15) is 0 Å². The summed E-state index contributed by atoms with van der Waals surface area (Å²) >= 11 is 11.7. The van der Waals surface area contributed by atoms with Crippen LogP contribution in [0.4, 0.5) is 0 Å². The molecule has 13 heavy (non-hydrogen) atoms. The Morgan fingerprint density at radius 2 is 2.00 bits per heavy atom. The van der Waals surface area contributed by atoms with Gasteiger partial charge in [0.15, 0.2) is 11.5 Å². The van der Waals surface area contributed by atoms with Gasteiger partial charge in [-0.25, -0.2) is 0 Å². The number of methoxy groups -OCH3 is 1. The van der Waals surface area contributed by atoms with Gasteiger partial charge in [-0.2, -0.15) is 0 Å². The Labute approximate surface area is 87.4 Å².